The van der Waals surface area contributed by atoms with Crippen LogP contribution in [-0.4, -0.2) is 61.0 Å². The summed E-state index contributed by atoms with van der Waals surface area (Å²) in [6.07, 6.45) is 4.41. The van der Waals surface area contributed by atoms with Gasteiger partial charge >= 0.3 is 0 Å². The lowest BCUT2D eigenvalue weighted by Crippen LogP contribution is -2.45. The van der Waals surface area contributed by atoms with Gasteiger partial charge in [0, 0.05) is 56.7 Å². The number of anilines is 1. The van der Waals surface area contributed by atoms with Crippen LogP contribution in [0.2, 0.25) is 0 Å². The Hall–Kier alpha value is -1.27. The predicted octanol–water partition coefficient (Wildman–Crippen LogP) is 1.20. The molecular weight excluding hydrogens is 284 g/mol. The zero-order valence-corrected chi connectivity index (χ0v) is 13.7. The largest absolute Gasteiger partial charge is 0.354 e. The topological polar surface area (TPSA) is 48.5 Å². The van der Waals surface area contributed by atoms with Crippen molar-refractivity contribution < 1.29 is 4.79 Å². The minimum absolute atomic E-state index is 0.109. The molecule has 2 rings (SSSR count). The number of nitrogens with one attached hydrogen (secondary N) is 1. The molecule has 0 atom stereocenters. The Morgan fingerprint density at radius 3 is 2.86 bits per heavy atom. The number of thioether (sulfide) groups is 1. The van der Waals surface area contributed by atoms with Crippen LogP contribution < -0.4 is 10.2 Å². The van der Waals surface area contributed by atoms with Gasteiger partial charge in [-0.15, -0.1) is 0 Å². The van der Waals surface area contributed by atoms with E-state index in [0.717, 1.165) is 43.3 Å². The van der Waals surface area contributed by atoms with Crippen molar-refractivity contribution in [3.8, 4) is 0 Å². The number of carbonyl (C=O) groups excluding carboxylic acids is 1. The van der Waals surface area contributed by atoms with Crippen LogP contribution in [0.15, 0.2) is 18.3 Å². The minimum atomic E-state index is 0.109. The van der Waals surface area contributed by atoms with Gasteiger partial charge in [0.05, 0.1) is 0 Å². The van der Waals surface area contributed by atoms with E-state index in [1.54, 1.807) is 11.8 Å². The highest BCUT2D eigenvalue weighted by molar-refractivity contribution is 7.98. The van der Waals surface area contributed by atoms with Gasteiger partial charge in [-0.05, 0) is 19.4 Å². The van der Waals surface area contributed by atoms with Gasteiger partial charge in [0.15, 0.2) is 0 Å². The number of aromatic nitrogens is 1. The van der Waals surface area contributed by atoms with E-state index in [1.807, 2.05) is 18.5 Å². The SMILES string of the molecule is CSCCC(=O)NCc1cccnc1N1CCN(C)CC1. The molecule has 1 aliphatic heterocycles. The predicted molar refractivity (Wildman–Crippen MR) is 88.8 cm³/mol. The second-order valence-electron chi connectivity index (χ2n) is 5.30. The van der Waals surface area contributed by atoms with Gasteiger partial charge in [-0.2, -0.15) is 11.8 Å². The molecule has 1 amide bonds. The van der Waals surface area contributed by atoms with Crippen molar-refractivity contribution in [2.45, 2.75) is 13.0 Å². The normalized spacial score (nSPS) is 16.0. The first-order valence-electron chi connectivity index (χ1n) is 7.33. The molecule has 0 bridgehead atoms. The summed E-state index contributed by atoms with van der Waals surface area (Å²) < 4.78 is 0. The standard InChI is InChI=1S/C15H24N4OS/c1-18-7-9-19(10-8-18)15-13(4-3-6-16-15)12-17-14(20)5-11-21-2/h3-4,6H,5,7-12H2,1-2H3,(H,17,20). The Kier molecular flexibility index (Phi) is 6.32. The lowest BCUT2D eigenvalue weighted by Gasteiger charge is -2.34. The lowest BCUT2D eigenvalue weighted by atomic mass is 10.2. The van der Waals surface area contributed by atoms with Crippen molar-refractivity contribution in [3.63, 3.8) is 0 Å². The number of piperazine rings is 1. The number of rotatable bonds is 6. The second kappa shape index (κ2) is 8.24. The number of nitrogens with zero attached hydrogens (tertiary/aromatic N) is 3. The average molecular weight is 308 g/mol. The van der Waals surface area contributed by atoms with E-state index in [-0.39, 0.29) is 5.91 Å². The van der Waals surface area contributed by atoms with E-state index >= 15 is 0 Å². The zero-order chi connectivity index (χ0) is 15.1. The van der Waals surface area contributed by atoms with Gasteiger partial charge in [-0.1, -0.05) is 6.07 Å². The Bertz CT molecular complexity index is 461. The molecule has 2 heterocycles. The van der Waals surface area contributed by atoms with Crippen LogP contribution in [0.5, 0.6) is 0 Å². The van der Waals surface area contributed by atoms with Gasteiger partial charge in [0.1, 0.15) is 5.82 Å². The molecule has 0 radical (unpaired) electrons. The van der Waals surface area contributed by atoms with Gasteiger partial charge in [-0.3, -0.25) is 4.79 Å². The molecule has 1 N–H and O–H groups in total. The van der Waals surface area contributed by atoms with Gasteiger partial charge < -0.3 is 15.1 Å². The highest BCUT2D eigenvalue weighted by Crippen LogP contribution is 2.18. The molecule has 1 fully saturated rings. The molecule has 0 saturated carbocycles. The summed E-state index contributed by atoms with van der Waals surface area (Å²) in [5.41, 5.74) is 1.10. The Morgan fingerprint density at radius 1 is 1.38 bits per heavy atom. The van der Waals surface area contributed by atoms with E-state index in [0.29, 0.717) is 13.0 Å². The quantitative estimate of drug-likeness (QED) is 0.856. The summed E-state index contributed by atoms with van der Waals surface area (Å²) in [5, 5.41) is 2.99. The lowest BCUT2D eigenvalue weighted by molar-refractivity contribution is -0.120. The van der Waals surface area contributed by atoms with Crippen molar-refractivity contribution in [1.82, 2.24) is 15.2 Å². The third kappa shape index (κ3) is 4.89. The van der Waals surface area contributed by atoms with Crippen molar-refractivity contribution in [1.29, 1.82) is 0 Å². The molecule has 1 aliphatic rings. The van der Waals surface area contributed by atoms with Crippen LogP contribution in [0.3, 0.4) is 0 Å². The van der Waals surface area contributed by atoms with Crippen LogP contribution >= 0.6 is 11.8 Å². The molecule has 5 nitrogen and oxygen atoms in total. The van der Waals surface area contributed by atoms with E-state index in [4.69, 9.17) is 0 Å². The first-order chi connectivity index (χ1) is 10.2. The highest BCUT2D eigenvalue weighted by Gasteiger charge is 2.18. The zero-order valence-electron chi connectivity index (χ0n) is 12.8. The number of hydrogen-bond donors (Lipinski definition) is 1. The molecule has 21 heavy (non-hydrogen) atoms. The maximum atomic E-state index is 11.7. The Labute approximate surface area is 131 Å². The maximum Gasteiger partial charge on any atom is 0.221 e. The van der Waals surface area contributed by atoms with Crippen LogP contribution in [0.1, 0.15) is 12.0 Å². The molecular formula is C15H24N4OS. The second-order valence-corrected chi connectivity index (χ2v) is 6.28. The number of carbonyl (C=O) groups is 1. The molecule has 0 unspecified atom stereocenters. The molecule has 0 spiro atoms. The third-order valence-electron chi connectivity index (χ3n) is 3.68. The summed E-state index contributed by atoms with van der Waals surface area (Å²) in [7, 11) is 2.14. The molecule has 1 saturated heterocycles. The van der Waals surface area contributed by atoms with E-state index in [1.165, 1.54) is 0 Å². The maximum absolute atomic E-state index is 11.7. The van der Waals surface area contributed by atoms with Crippen molar-refractivity contribution >= 4 is 23.5 Å². The number of likely N-dealkylation sites (N-methyl/N-ethyl adjacent to an activating group) is 1. The van der Waals surface area contributed by atoms with E-state index in [2.05, 4.69) is 33.2 Å². The van der Waals surface area contributed by atoms with Crippen LogP contribution in [0.25, 0.3) is 0 Å². The van der Waals surface area contributed by atoms with Crippen LogP contribution in [0, 0.1) is 0 Å². The fourth-order valence-electron chi connectivity index (χ4n) is 2.35. The first-order valence-corrected chi connectivity index (χ1v) is 8.73. The summed E-state index contributed by atoms with van der Waals surface area (Å²) in [4.78, 5) is 20.9. The smallest absolute Gasteiger partial charge is 0.221 e. The van der Waals surface area contributed by atoms with Crippen molar-refractivity contribution in [2.24, 2.45) is 0 Å². The van der Waals surface area contributed by atoms with Crippen LogP contribution in [-0.2, 0) is 11.3 Å². The van der Waals surface area contributed by atoms with Crippen LogP contribution in [0.4, 0.5) is 5.82 Å². The fraction of sp³-hybridized carbons (Fsp3) is 0.600. The monoisotopic (exact) mass is 308 g/mol. The van der Waals surface area contributed by atoms with Gasteiger partial charge in [-0.25, -0.2) is 4.98 Å². The molecule has 0 aromatic carbocycles. The summed E-state index contributed by atoms with van der Waals surface area (Å²) in [6.45, 7) is 4.64. The average Bonchev–Trinajstić information content (AvgIpc) is 2.52. The van der Waals surface area contributed by atoms with Gasteiger partial charge in [0.25, 0.3) is 0 Å². The number of amides is 1. The minimum Gasteiger partial charge on any atom is -0.354 e. The first kappa shape index (κ1) is 16.1. The van der Waals surface area contributed by atoms with Crippen molar-refractivity contribution in [2.75, 3.05) is 50.1 Å². The molecule has 0 aliphatic carbocycles. The molecule has 1 aromatic rings. The molecule has 1 aromatic heterocycles. The van der Waals surface area contributed by atoms with E-state index in [9.17, 15) is 4.79 Å². The number of pyridine rings is 1. The molecule has 6 heteroatoms. The van der Waals surface area contributed by atoms with E-state index < -0.39 is 0 Å². The third-order valence-corrected chi connectivity index (χ3v) is 4.29. The fourth-order valence-corrected chi connectivity index (χ4v) is 2.74. The molecule has 116 valence electrons. The number of hydrogen-bond acceptors (Lipinski definition) is 5. The highest BCUT2D eigenvalue weighted by atomic mass is 32.2. The summed E-state index contributed by atoms with van der Waals surface area (Å²) in [6, 6.07) is 3.98. The summed E-state index contributed by atoms with van der Waals surface area (Å²) in [5.74, 6) is 1.98. The Balaban J connectivity index is 1.95. The Morgan fingerprint density at radius 2 is 2.14 bits per heavy atom. The van der Waals surface area contributed by atoms with Gasteiger partial charge in [0.2, 0.25) is 5.91 Å². The summed E-state index contributed by atoms with van der Waals surface area (Å²) >= 11 is 1.69. The van der Waals surface area contributed by atoms with Crippen molar-refractivity contribution in [3.05, 3.63) is 23.9 Å².